The van der Waals surface area contributed by atoms with Crippen LogP contribution in [0, 0.1) is 11.8 Å². The van der Waals surface area contributed by atoms with Crippen LogP contribution in [-0.2, 0) is 4.79 Å². The fourth-order valence-electron chi connectivity index (χ4n) is 1.92. The molecule has 15 heavy (non-hydrogen) atoms. The van der Waals surface area contributed by atoms with Gasteiger partial charge in [-0.1, -0.05) is 32.1 Å². The van der Waals surface area contributed by atoms with Crippen LogP contribution in [0.2, 0.25) is 0 Å². The first-order valence-corrected chi connectivity index (χ1v) is 5.80. The fraction of sp³-hybridized carbons (Fsp3) is 0.583. The lowest BCUT2D eigenvalue weighted by molar-refractivity contribution is -0.119. The van der Waals surface area contributed by atoms with Crippen LogP contribution < -0.4 is 5.32 Å². The first kappa shape index (κ1) is 12.4. The van der Waals surface area contributed by atoms with E-state index in [4.69, 9.17) is 0 Å². The Labute approximate surface area is 97.2 Å². The maximum absolute atomic E-state index is 11.1. The number of carbonyl (C=O) groups excluding carboxylic acids is 1. The van der Waals surface area contributed by atoms with E-state index in [2.05, 4.69) is 43.9 Å². The van der Waals surface area contributed by atoms with Crippen molar-refractivity contribution < 1.29 is 4.79 Å². The van der Waals surface area contributed by atoms with Gasteiger partial charge in [0.05, 0.1) is 0 Å². The van der Waals surface area contributed by atoms with Gasteiger partial charge < -0.3 is 5.32 Å². The molecule has 2 atom stereocenters. The zero-order chi connectivity index (χ0) is 11.4. The molecule has 1 rings (SSSR count). The van der Waals surface area contributed by atoms with Crippen LogP contribution in [0.15, 0.2) is 23.1 Å². The molecular formula is C12H19NOS. The van der Waals surface area contributed by atoms with E-state index < -0.39 is 0 Å². The van der Waals surface area contributed by atoms with Crippen LogP contribution in [0.25, 0.3) is 0 Å². The van der Waals surface area contributed by atoms with Gasteiger partial charge in [0.2, 0.25) is 5.91 Å². The number of hydrogen-bond donors (Lipinski definition) is 2. The van der Waals surface area contributed by atoms with E-state index in [0.717, 1.165) is 11.3 Å². The summed E-state index contributed by atoms with van der Waals surface area (Å²) in [6.07, 6.45) is 7.09. The second-order valence-corrected chi connectivity index (χ2v) is 4.87. The number of thiol groups is 1. The summed E-state index contributed by atoms with van der Waals surface area (Å²) < 4.78 is 0. The lowest BCUT2D eigenvalue weighted by Crippen LogP contribution is -2.39. The second kappa shape index (κ2) is 5.40. The lowest BCUT2D eigenvalue weighted by atomic mass is 9.87. The van der Waals surface area contributed by atoms with Gasteiger partial charge in [-0.15, -0.1) is 12.6 Å². The van der Waals surface area contributed by atoms with Gasteiger partial charge in [-0.2, -0.15) is 0 Å². The molecule has 3 heteroatoms. The van der Waals surface area contributed by atoms with Crippen LogP contribution in [0.1, 0.15) is 27.2 Å². The molecular weight excluding hydrogens is 206 g/mol. The number of rotatable bonds is 2. The minimum absolute atomic E-state index is 0.0371. The number of carbonyl (C=O) groups is 1. The molecule has 0 radical (unpaired) electrons. The van der Waals surface area contributed by atoms with E-state index in [-0.39, 0.29) is 11.9 Å². The highest BCUT2D eigenvalue weighted by molar-refractivity contribution is 7.84. The van der Waals surface area contributed by atoms with Crippen LogP contribution >= 0.6 is 12.6 Å². The molecule has 84 valence electrons. The zero-order valence-corrected chi connectivity index (χ0v) is 10.4. The molecule has 0 bridgehead atoms. The first-order chi connectivity index (χ1) is 7.00. The van der Waals surface area contributed by atoms with E-state index in [1.54, 1.807) is 6.92 Å². The molecule has 0 heterocycles. The summed E-state index contributed by atoms with van der Waals surface area (Å²) in [6, 6.07) is 0.198. The summed E-state index contributed by atoms with van der Waals surface area (Å²) in [5.74, 6) is 0.940. The van der Waals surface area contributed by atoms with Crippen molar-refractivity contribution in [3.8, 4) is 0 Å². The standard InChI is InChI=1S/C12H19NOS/c1-8(2)11-6-4-10(15)5-7-12(11)13-9(3)14/h4-6,8,11-12,15H,7H2,1-3H3,(H,13,14). The van der Waals surface area contributed by atoms with Crippen molar-refractivity contribution in [2.75, 3.05) is 0 Å². The summed E-state index contributed by atoms with van der Waals surface area (Å²) in [5.41, 5.74) is 0. The van der Waals surface area contributed by atoms with Gasteiger partial charge in [-0.05, 0) is 23.2 Å². The van der Waals surface area contributed by atoms with E-state index in [1.807, 2.05) is 6.08 Å². The van der Waals surface area contributed by atoms with Crippen molar-refractivity contribution in [2.24, 2.45) is 11.8 Å². The minimum atomic E-state index is 0.0371. The summed E-state index contributed by atoms with van der Waals surface area (Å²) >= 11 is 4.33. The van der Waals surface area contributed by atoms with Crippen LogP contribution in [-0.4, -0.2) is 11.9 Å². The highest BCUT2D eigenvalue weighted by Gasteiger charge is 2.23. The van der Waals surface area contributed by atoms with Crippen molar-refractivity contribution in [3.63, 3.8) is 0 Å². The zero-order valence-electron chi connectivity index (χ0n) is 9.53. The van der Waals surface area contributed by atoms with Crippen molar-refractivity contribution in [3.05, 3.63) is 23.1 Å². The van der Waals surface area contributed by atoms with Crippen molar-refractivity contribution in [1.29, 1.82) is 0 Å². The van der Waals surface area contributed by atoms with Crippen molar-refractivity contribution in [2.45, 2.75) is 33.2 Å². The number of hydrogen-bond acceptors (Lipinski definition) is 2. The van der Waals surface area contributed by atoms with Gasteiger partial charge in [-0.3, -0.25) is 4.79 Å². The molecule has 0 aliphatic heterocycles. The monoisotopic (exact) mass is 225 g/mol. The van der Waals surface area contributed by atoms with Gasteiger partial charge in [-0.25, -0.2) is 0 Å². The van der Waals surface area contributed by atoms with Gasteiger partial charge in [0.1, 0.15) is 0 Å². The van der Waals surface area contributed by atoms with Crippen molar-refractivity contribution in [1.82, 2.24) is 5.32 Å². The number of amides is 1. The molecule has 0 aromatic carbocycles. The Hall–Kier alpha value is -0.700. The van der Waals surface area contributed by atoms with Crippen LogP contribution in [0.3, 0.4) is 0 Å². The third kappa shape index (κ3) is 3.74. The average Bonchev–Trinajstić information content (AvgIpc) is 2.28. The molecule has 0 saturated carbocycles. The Morgan fingerprint density at radius 3 is 2.80 bits per heavy atom. The van der Waals surface area contributed by atoms with Gasteiger partial charge in [0, 0.05) is 13.0 Å². The lowest BCUT2D eigenvalue weighted by Gasteiger charge is -2.26. The Bertz CT molecular complexity index is 294. The normalized spacial score (nSPS) is 26.1. The minimum Gasteiger partial charge on any atom is -0.353 e. The molecule has 0 fully saturated rings. The van der Waals surface area contributed by atoms with Crippen LogP contribution in [0.5, 0.6) is 0 Å². The quantitative estimate of drug-likeness (QED) is 0.695. The second-order valence-electron chi connectivity index (χ2n) is 4.35. The number of nitrogens with one attached hydrogen (secondary N) is 1. The molecule has 0 saturated heterocycles. The Morgan fingerprint density at radius 2 is 2.27 bits per heavy atom. The largest absolute Gasteiger partial charge is 0.353 e. The molecule has 0 spiro atoms. The SMILES string of the molecule is CC(=O)NC1CC=C(S)C=CC1C(C)C. The topological polar surface area (TPSA) is 29.1 Å². The highest BCUT2D eigenvalue weighted by atomic mass is 32.1. The molecule has 1 aliphatic carbocycles. The average molecular weight is 225 g/mol. The van der Waals surface area contributed by atoms with Gasteiger partial charge in [0.25, 0.3) is 0 Å². The Kier molecular flexibility index (Phi) is 4.45. The summed E-state index contributed by atoms with van der Waals surface area (Å²) in [5, 5.41) is 3.00. The Morgan fingerprint density at radius 1 is 1.60 bits per heavy atom. The fourth-order valence-corrected chi connectivity index (χ4v) is 2.11. The van der Waals surface area contributed by atoms with Crippen LogP contribution in [0.4, 0.5) is 0 Å². The number of allylic oxidation sites excluding steroid dienone is 1. The molecule has 0 aromatic rings. The highest BCUT2D eigenvalue weighted by Crippen LogP contribution is 2.24. The predicted molar refractivity (Wildman–Crippen MR) is 66.8 cm³/mol. The van der Waals surface area contributed by atoms with Crippen molar-refractivity contribution >= 4 is 18.5 Å². The third-order valence-electron chi connectivity index (χ3n) is 2.69. The molecule has 1 aliphatic rings. The van der Waals surface area contributed by atoms with E-state index in [9.17, 15) is 4.79 Å². The molecule has 1 N–H and O–H groups in total. The molecule has 1 amide bonds. The van der Waals surface area contributed by atoms with E-state index in [0.29, 0.717) is 11.8 Å². The third-order valence-corrected chi connectivity index (χ3v) is 3.02. The maximum atomic E-state index is 11.1. The summed E-state index contributed by atoms with van der Waals surface area (Å²) in [6.45, 7) is 5.91. The first-order valence-electron chi connectivity index (χ1n) is 5.35. The smallest absolute Gasteiger partial charge is 0.217 e. The van der Waals surface area contributed by atoms with Gasteiger partial charge >= 0.3 is 0 Å². The summed E-state index contributed by atoms with van der Waals surface area (Å²) in [7, 11) is 0. The molecule has 0 aromatic heterocycles. The maximum Gasteiger partial charge on any atom is 0.217 e. The van der Waals surface area contributed by atoms with Gasteiger partial charge in [0.15, 0.2) is 0 Å². The Balaban J connectivity index is 2.80. The van der Waals surface area contributed by atoms with E-state index in [1.165, 1.54) is 0 Å². The summed E-state index contributed by atoms with van der Waals surface area (Å²) in [4.78, 5) is 12.1. The molecule has 2 unspecified atom stereocenters. The van der Waals surface area contributed by atoms with E-state index >= 15 is 0 Å². The molecule has 2 nitrogen and oxygen atoms in total. The predicted octanol–water partition coefficient (Wildman–Crippen LogP) is 2.54.